The lowest BCUT2D eigenvalue weighted by molar-refractivity contribution is -0.161. The Morgan fingerprint density at radius 2 is 0.827 bits per heavy atom. The van der Waals surface area contributed by atoms with Gasteiger partial charge in [0.25, 0.3) is 0 Å². The van der Waals surface area contributed by atoms with Crippen molar-refractivity contribution in [3.8, 4) is 0 Å². The highest BCUT2D eigenvalue weighted by Crippen LogP contribution is 2.35. The third kappa shape index (κ3) is 39.2. The number of phosphoric acid groups is 1. The molecule has 0 bridgehead atoms. The van der Waals surface area contributed by atoms with Crippen molar-refractivity contribution in [2.45, 2.75) is 123 Å². The van der Waals surface area contributed by atoms with Crippen molar-refractivity contribution in [3.05, 3.63) is 122 Å². The summed E-state index contributed by atoms with van der Waals surface area (Å²) < 4.78 is 26.2. The molecule has 0 aromatic carbocycles. The molecular formula is C43H65O8P. The Balaban J connectivity index is 4.21. The molecule has 0 saturated carbocycles. The van der Waals surface area contributed by atoms with Crippen molar-refractivity contribution in [2.24, 2.45) is 0 Å². The number of ether oxygens (including phenoxy) is 2. The Bertz CT molecular complexity index is 1240. The Kier molecular flexibility index (Phi) is 34.7. The number of hydrogen-bond donors (Lipinski definition) is 2. The molecule has 9 heteroatoms. The lowest BCUT2D eigenvalue weighted by atomic mass is 10.2. The number of allylic oxidation sites excluding steroid dienone is 20. The van der Waals surface area contributed by atoms with Crippen molar-refractivity contribution in [2.75, 3.05) is 13.2 Å². The first kappa shape index (κ1) is 48.5. The second kappa shape index (κ2) is 37.2. The summed E-state index contributed by atoms with van der Waals surface area (Å²) in [7, 11) is -4.79. The molecule has 52 heavy (non-hydrogen) atoms. The third-order valence-electron chi connectivity index (χ3n) is 6.98. The first-order chi connectivity index (χ1) is 25.3. The molecule has 0 saturated heterocycles. The lowest BCUT2D eigenvalue weighted by Crippen LogP contribution is -2.29. The average Bonchev–Trinajstić information content (AvgIpc) is 3.11. The largest absolute Gasteiger partial charge is 0.469 e. The SMILES string of the molecule is CC/C=C\C/C=C\C/C=C\C/C=C\C/C=C\CCCC(=O)OC[C@H](COP(=O)(O)O)OC(=O)CCC/C=C\C/C=C\C/C=C\C/C=C\C/C=C\CC. The van der Waals surface area contributed by atoms with Crippen molar-refractivity contribution in [3.63, 3.8) is 0 Å². The summed E-state index contributed by atoms with van der Waals surface area (Å²) in [6, 6.07) is 0. The number of rotatable bonds is 32. The van der Waals surface area contributed by atoms with E-state index in [0.29, 0.717) is 25.7 Å². The molecule has 2 N–H and O–H groups in total. The van der Waals surface area contributed by atoms with Gasteiger partial charge in [-0.1, -0.05) is 135 Å². The molecule has 8 nitrogen and oxygen atoms in total. The summed E-state index contributed by atoms with van der Waals surface area (Å²) in [5.74, 6) is -1.04. The number of carbonyl (C=O) groups excluding carboxylic acids is 2. The maximum atomic E-state index is 12.3. The lowest BCUT2D eigenvalue weighted by Gasteiger charge is -2.18. The van der Waals surface area contributed by atoms with Crippen molar-refractivity contribution in [1.29, 1.82) is 0 Å². The van der Waals surface area contributed by atoms with Crippen LogP contribution in [0.4, 0.5) is 0 Å². The van der Waals surface area contributed by atoms with E-state index in [0.717, 1.165) is 64.2 Å². The second-order valence-electron chi connectivity index (χ2n) is 11.8. The van der Waals surface area contributed by atoms with E-state index in [-0.39, 0.29) is 19.4 Å². The minimum absolute atomic E-state index is 0.113. The highest BCUT2D eigenvalue weighted by molar-refractivity contribution is 7.46. The zero-order valence-electron chi connectivity index (χ0n) is 31.6. The van der Waals surface area contributed by atoms with Crippen LogP contribution in [-0.2, 0) is 28.2 Å². The molecule has 0 heterocycles. The van der Waals surface area contributed by atoms with Gasteiger partial charge in [-0.15, -0.1) is 0 Å². The zero-order chi connectivity index (χ0) is 38.2. The summed E-state index contributed by atoms with van der Waals surface area (Å²) in [6.45, 7) is 3.33. The summed E-state index contributed by atoms with van der Waals surface area (Å²) in [5.41, 5.74) is 0. The zero-order valence-corrected chi connectivity index (χ0v) is 32.5. The van der Waals surface area contributed by atoms with Crippen LogP contribution in [0.5, 0.6) is 0 Å². The third-order valence-corrected chi connectivity index (χ3v) is 7.46. The molecular weight excluding hydrogens is 675 g/mol. The smallest absolute Gasteiger partial charge is 0.462 e. The van der Waals surface area contributed by atoms with E-state index < -0.39 is 32.5 Å². The average molecular weight is 741 g/mol. The molecule has 0 rings (SSSR count). The topological polar surface area (TPSA) is 119 Å². The molecule has 290 valence electrons. The van der Waals surface area contributed by atoms with Crippen LogP contribution < -0.4 is 0 Å². The first-order valence-electron chi connectivity index (χ1n) is 18.8. The van der Waals surface area contributed by atoms with Crippen LogP contribution in [-0.4, -0.2) is 41.0 Å². The van der Waals surface area contributed by atoms with E-state index in [9.17, 15) is 14.2 Å². The molecule has 0 amide bonds. The van der Waals surface area contributed by atoms with Gasteiger partial charge in [0.2, 0.25) is 0 Å². The standard InChI is InChI=1S/C43H65O8P/c1-3-5-7-9-11-13-15-17-19-21-23-25-27-29-31-33-35-37-42(44)49-39-41(40-50-52(46,47)48)51-43(45)38-36-34-32-30-28-26-24-22-20-18-16-14-12-10-8-6-4-2/h5-8,11-14,17-20,23-26,29-32,41H,3-4,9-10,15-16,21-22,27-28,33-40H2,1-2H3,(H2,46,47,48)/b7-5-,8-6-,13-11-,14-12-,19-17-,20-18-,25-23-,26-24-,31-29-,32-30-/t41-/m1/s1. The van der Waals surface area contributed by atoms with Gasteiger partial charge in [0, 0.05) is 12.8 Å². The fourth-order valence-corrected chi connectivity index (χ4v) is 4.63. The number of carbonyl (C=O) groups is 2. The van der Waals surface area contributed by atoms with Crippen LogP contribution in [0.3, 0.4) is 0 Å². The van der Waals surface area contributed by atoms with Crippen LogP contribution in [0, 0.1) is 0 Å². The predicted molar refractivity (Wildman–Crippen MR) is 215 cm³/mol. The Labute approximate surface area is 314 Å². The molecule has 0 aliphatic carbocycles. The normalized spacial score (nSPS) is 13.8. The summed E-state index contributed by atoms with van der Waals surface area (Å²) in [5, 5.41) is 0. The van der Waals surface area contributed by atoms with E-state index >= 15 is 0 Å². The van der Waals surface area contributed by atoms with E-state index in [4.69, 9.17) is 19.3 Å². The highest BCUT2D eigenvalue weighted by Gasteiger charge is 2.22. The van der Waals surface area contributed by atoms with E-state index in [1.807, 2.05) is 18.2 Å². The Morgan fingerprint density at radius 1 is 0.500 bits per heavy atom. The molecule has 0 aliphatic rings. The second-order valence-corrected chi connectivity index (χ2v) is 13.0. The molecule has 0 spiro atoms. The van der Waals surface area contributed by atoms with Crippen molar-refractivity contribution < 1.29 is 37.9 Å². The van der Waals surface area contributed by atoms with Crippen LogP contribution in [0.2, 0.25) is 0 Å². The minimum Gasteiger partial charge on any atom is -0.462 e. The number of phosphoric ester groups is 1. The summed E-state index contributed by atoms with van der Waals surface area (Å²) in [6.07, 6.45) is 53.6. The quantitative estimate of drug-likeness (QED) is 0.0303. The highest BCUT2D eigenvalue weighted by atomic mass is 31.2. The van der Waals surface area contributed by atoms with Crippen molar-refractivity contribution in [1.82, 2.24) is 0 Å². The molecule has 0 radical (unpaired) electrons. The van der Waals surface area contributed by atoms with E-state index in [1.54, 1.807) is 0 Å². The summed E-state index contributed by atoms with van der Waals surface area (Å²) >= 11 is 0. The van der Waals surface area contributed by atoms with Gasteiger partial charge in [0.15, 0.2) is 6.10 Å². The molecule has 0 aliphatic heterocycles. The summed E-state index contributed by atoms with van der Waals surface area (Å²) in [4.78, 5) is 42.7. The van der Waals surface area contributed by atoms with Gasteiger partial charge >= 0.3 is 19.8 Å². The molecule has 0 aromatic heterocycles. The number of esters is 2. The molecule has 0 aromatic rings. The van der Waals surface area contributed by atoms with Crippen LogP contribution in [0.1, 0.15) is 117 Å². The van der Waals surface area contributed by atoms with Gasteiger partial charge in [-0.05, 0) is 89.9 Å². The molecule has 1 atom stereocenters. The van der Waals surface area contributed by atoms with Crippen LogP contribution in [0.25, 0.3) is 0 Å². The maximum absolute atomic E-state index is 12.3. The molecule has 0 unspecified atom stereocenters. The Morgan fingerprint density at radius 3 is 1.17 bits per heavy atom. The maximum Gasteiger partial charge on any atom is 0.469 e. The fourth-order valence-electron chi connectivity index (χ4n) is 4.26. The van der Waals surface area contributed by atoms with Crippen LogP contribution in [0.15, 0.2) is 122 Å². The number of unbranched alkanes of at least 4 members (excludes halogenated alkanes) is 2. The first-order valence-corrected chi connectivity index (χ1v) is 20.4. The number of hydrogen-bond acceptors (Lipinski definition) is 6. The van der Waals surface area contributed by atoms with Crippen molar-refractivity contribution >= 4 is 19.8 Å². The van der Waals surface area contributed by atoms with E-state index in [2.05, 4.69) is 122 Å². The fraction of sp³-hybridized carbons (Fsp3) is 0.488. The van der Waals surface area contributed by atoms with Gasteiger partial charge in [-0.3, -0.25) is 14.1 Å². The van der Waals surface area contributed by atoms with Gasteiger partial charge in [0.1, 0.15) is 6.61 Å². The van der Waals surface area contributed by atoms with Gasteiger partial charge in [0.05, 0.1) is 6.61 Å². The van der Waals surface area contributed by atoms with Crippen LogP contribution >= 0.6 is 7.82 Å². The van der Waals surface area contributed by atoms with E-state index in [1.165, 1.54) is 0 Å². The monoisotopic (exact) mass is 740 g/mol. The van der Waals surface area contributed by atoms with Gasteiger partial charge in [-0.25, -0.2) is 4.57 Å². The Hall–Kier alpha value is -3.55. The van der Waals surface area contributed by atoms with Gasteiger partial charge < -0.3 is 19.3 Å². The van der Waals surface area contributed by atoms with Gasteiger partial charge in [-0.2, -0.15) is 0 Å². The predicted octanol–water partition coefficient (Wildman–Crippen LogP) is 11.4. The molecule has 0 fully saturated rings. The minimum atomic E-state index is -4.79.